The van der Waals surface area contributed by atoms with Gasteiger partial charge in [0.2, 0.25) is 5.88 Å². The predicted octanol–water partition coefficient (Wildman–Crippen LogP) is 3.76. The van der Waals surface area contributed by atoms with E-state index in [-0.39, 0.29) is 28.7 Å². The number of aryl methyl sites for hydroxylation is 1. The molecule has 34 heavy (non-hydrogen) atoms. The Bertz CT molecular complexity index is 1420. The maximum Gasteiger partial charge on any atom is 0.276 e. The monoisotopic (exact) mass is 464 g/mol. The number of hydrogen-bond donors (Lipinski definition) is 2. The zero-order chi connectivity index (χ0) is 23.8. The van der Waals surface area contributed by atoms with Gasteiger partial charge in [-0.15, -0.1) is 10.2 Å². The molecule has 0 atom stereocenters. The van der Waals surface area contributed by atoms with Crippen molar-refractivity contribution in [1.82, 2.24) is 19.8 Å². The first-order valence-corrected chi connectivity index (χ1v) is 10.4. The zero-order valence-corrected chi connectivity index (χ0v) is 17.9. The van der Waals surface area contributed by atoms with Crippen molar-refractivity contribution in [2.24, 2.45) is 0 Å². The van der Waals surface area contributed by atoms with E-state index in [0.29, 0.717) is 17.0 Å². The Balaban J connectivity index is 1.33. The number of benzene rings is 1. The smallest absolute Gasteiger partial charge is 0.276 e. The fourth-order valence-electron chi connectivity index (χ4n) is 3.27. The summed E-state index contributed by atoms with van der Waals surface area (Å²) in [6, 6.07) is 8.11. The minimum absolute atomic E-state index is 0.0210. The molecule has 1 saturated carbocycles. The Labute approximate surface area is 191 Å². The number of rotatable bonds is 6. The Kier molecular flexibility index (Phi) is 5.36. The normalized spacial score (nSPS) is 13.0. The summed E-state index contributed by atoms with van der Waals surface area (Å²) >= 11 is 0. The maximum absolute atomic E-state index is 14.5. The Morgan fingerprint density at radius 2 is 1.82 bits per heavy atom. The molecule has 172 valence electrons. The van der Waals surface area contributed by atoms with Crippen LogP contribution < -0.4 is 15.4 Å². The van der Waals surface area contributed by atoms with E-state index < -0.39 is 23.4 Å². The largest absolute Gasteiger partial charge is 0.473 e. The molecule has 0 aliphatic heterocycles. The molecule has 1 fully saturated rings. The van der Waals surface area contributed by atoms with Crippen molar-refractivity contribution in [3.8, 4) is 5.88 Å². The number of carbonyl (C=O) groups is 2. The van der Waals surface area contributed by atoms with Gasteiger partial charge in [0.25, 0.3) is 11.8 Å². The summed E-state index contributed by atoms with van der Waals surface area (Å²) in [4.78, 5) is 25.4. The lowest BCUT2D eigenvalue weighted by molar-refractivity contribution is 0.101. The van der Waals surface area contributed by atoms with Crippen LogP contribution in [-0.4, -0.2) is 37.7 Å². The van der Waals surface area contributed by atoms with Gasteiger partial charge >= 0.3 is 0 Å². The van der Waals surface area contributed by atoms with Crippen LogP contribution in [0.15, 0.2) is 48.8 Å². The zero-order valence-electron chi connectivity index (χ0n) is 17.9. The first-order valence-electron chi connectivity index (χ1n) is 10.4. The van der Waals surface area contributed by atoms with Crippen LogP contribution in [0.2, 0.25) is 0 Å². The number of hydrogen-bond acceptors (Lipinski definition) is 6. The van der Waals surface area contributed by atoms with Crippen molar-refractivity contribution in [3.63, 3.8) is 0 Å². The molecule has 2 N–H and O–H groups in total. The second-order valence-electron chi connectivity index (χ2n) is 7.86. The fraction of sp³-hybridized carbons (Fsp3) is 0.174. The van der Waals surface area contributed by atoms with Gasteiger partial charge in [0.1, 0.15) is 17.7 Å². The van der Waals surface area contributed by atoms with Crippen LogP contribution in [0.4, 0.5) is 20.2 Å². The molecule has 1 aromatic carbocycles. The lowest BCUT2D eigenvalue weighted by Crippen LogP contribution is -2.17. The second-order valence-corrected chi connectivity index (χ2v) is 7.86. The standard InChI is InChI=1S/C23H18F2N6O3/c1-12-8-16(25)19(28-23(33)17-5-7-21(30-29-17)34-14-3-4-14)9-18(12)27-22(32)15-10-26-31-11-13(24)2-6-20(15)31/h2,5-11,14H,3-4H2,1H3,(H,27,32)(H,28,33). The maximum atomic E-state index is 14.5. The van der Waals surface area contributed by atoms with Gasteiger partial charge in [-0.2, -0.15) is 5.10 Å². The first kappa shape index (κ1) is 21.4. The number of halogens is 2. The van der Waals surface area contributed by atoms with E-state index in [1.807, 2.05) is 0 Å². The van der Waals surface area contributed by atoms with Crippen LogP contribution in [0.1, 0.15) is 39.3 Å². The third kappa shape index (κ3) is 4.40. The van der Waals surface area contributed by atoms with Crippen molar-refractivity contribution >= 4 is 28.7 Å². The minimum Gasteiger partial charge on any atom is -0.473 e. The van der Waals surface area contributed by atoms with Crippen LogP contribution in [0.5, 0.6) is 5.88 Å². The summed E-state index contributed by atoms with van der Waals surface area (Å²) in [5, 5.41) is 16.8. The van der Waals surface area contributed by atoms with Crippen LogP contribution in [0.3, 0.4) is 0 Å². The van der Waals surface area contributed by atoms with Gasteiger partial charge in [0, 0.05) is 11.8 Å². The molecule has 1 aliphatic carbocycles. The number of carbonyl (C=O) groups excluding carboxylic acids is 2. The number of nitrogens with zero attached hydrogens (tertiary/aromatic N) is 4. The number of amides is 2. The van der Waals surface area contributed by atoms with Crippen molar-refractivity contribution in [3.05, 3.63) is 77.2 Å². The quantitative estimate of drug-likeness (QED) is 0.450. The predicted molar refractivity (Wildman–Crippen MR) is 118 cm³/mol. The summed E-state index contributed by atoms with van der Waals surface area (Å²) in [7, 11) is 0. The highest BCUT2D eigenvalue weighted by molar-refractivity contribution is 6.09. The first-order chi connectivity index (χ1) is 16.4. The lowest BCUT2D eigenvalue weighted by atomic mass is 10.1. The van der Waals surface area contributed by atoms with E-state index >= 15 is 0 Å². The summed E-state index contributed by atoms with van der Waals surface area (Å²) < 4.78 is 34.7. The second kappa shape index (κ2) is 8.50. The van der Waals surface area contributed by atoms with E-state index in [9.17, 15) is 18.4 Å². The van der Waals surface area contributed by atoms with Gasteiger partial charge in [0.15, 0.2) is 5.69 Å². The number of ether oxygens (including phenoxy) is 1. The molecule has 0 radical (unpaired) electrons. The van der Waals surface area contributed by atoms with Crippen molar-refractivity contribution < 1.29 is 23.1 Å². The van der Waals surface area contributed by atoms with Gasteiger partial charge in [0.05, 0.1) is 29.2 Å². The molecule has 0 unspecified atom stereocenters. The molecular weight excluding hydrogens is 446 g/mol. The summed E-state index contributed by atoms with van der Waals surface area (Å²) in [5.41, 5.74) is 1.16. The molecule has 5 rings (SSSR count). The fourth-order valence-corrected chi connectivity index (χ4v) is 3.27. The molecule has 3 heterocycles. The Morgan fingerprint density at radius 1 is 1.03 bits per heavy atom. The molecule has 3 aromatic heterocycles. The summed E-state index contributed by atoms with van der Waals surface area (Å²) in [6.07, 6.45) is 4.53. The number of pyridine rings is 1. The van der Waals surface area contributed by atoms with E-state index in [1.165, 1.54) is 47.1 Å². The third-order valence-electron chi connectivity index (χ3n) is 5.22. The van der Waals surface area contributed by atoms with Crippen molar-refractivity contribution in [1.29, 1.82) is 0 Å². The number of fused-ring (bicyclic) bond motifs is 1. The third-order valence-corrected chi connectivity index (χ3v) is 5.22. The van der Waals surface area contributed by atoms with Gasteiger partial charge in [-0.25, -0.2) is 13.3 Å². The molecule has 1 aliphatic rings. The van der Waals surface area contributed by atoms with Gasteiger partial charge in [-0.05, 0) is 55.7 Å². The van der Waals surface area contributed by atoms with E-state index in [1.54, 1.807) is 6.92 Å². The van der Waals surface area contributed by atoms with Crippen molar-refractivity contribution in [2.75, 3.05) is 10.6 Å². The molecular formula is C23H18F2N6O3. The highest BCUT2D eigenvalue weighted by atomic mass is 19.1. The van der Waals surface area contributed by atoms with E-state index in [4.69, 9.17) is 4.74 Å². The molecule has 9 nitrogen and oxygen atoms in total. The average Bonchev–Trinajstić information content (AvgIpc) is 3.53. The van der Waals surface area contributed by atoms with Gasteiger partial charge in [-0.3, -0.25) is 9.59 Å². The molecule has 11 heteroatoms. The summed E-state index contributed by atoms with van der Waals surface area (Å²) in [5.74, 6) is -2.05. The average molecular weight is 464 g/mol. The Morgan fingerprint density at radius 3 is 2.56 bits per heavy atom. The number of nitrogens with one attached hydrogen (secondary N) is 2. The van der Waals surface area contributed by atoms with E-state index in [2.05, 4.69) is 25.9 Å². The molecule has 4 aromatic rings. The van der Waals surface area contributed by atoms with E-state index in [0.717, 1.165) is 19.0 Å². The summed E-state index contributed by atoms with van der Waals surface area (Å²) in [6.45, 7) is 1.61. The van der Waals surface area contributed by atoms with Crippen LogP contribution in [-0.2, 0) is 0 Å². The minimum atomic E-state index is -0.683. The van der Waals surface area contributed by atoms with Crippen molar-refractivity contribution in [2.45, 2.75) is 25.9 Å². The topological polar surface area (TPSA) is 111 Å². The molecule has 0 saturated heterocycles. The molecule has 2 amide bonds. The Hall–Kier alpha value is -4.41. The number of anilines is 2. The lowest BCUT2D eigenvalue weighted by Gasteiger charge is -2.12. The number of aromatic nitrogens is 4. The van der Waals surface area contributed by atoms with Crippen LogP contribution >= 0.6 is 0 Å². The van der Waals surface area contributed by atoms with Gasteiger partial charge < -0.3 is 15.4 Å². The highest BCUT2D eigenvalue weighted by Crippen LogP contribution is 2.27. The van der Waals surface area contributed by atoms with Crippen LogP contribution in [0.25, 0.3) is 5.52 Å². The van der Waals surface area contributed by atoms with Crippen LogP contribution in [0, 0.1) is 18.6 Å². The molecule has 0 bridgehead atoms. The van der Waals surface area contributed by atoms with Gasteiger partial charge in [-0.1, -0.05) is 0 Å². The highest BCUT2D eigenvalue weighted by Gasteiger charge is 2.24. The SMILES string of the molecule is Cc1cc(F)c(NC(=O)c2ccc(OC3CC3)nn2)cc1NC(=O)c1cnn2cc(F)ccc12. The molecule has 0 spiro atoms.